The number of likely N-dealkylation sites (tertiary alicyclic amines) is 1. The Morgan fingerprint density at radius 3 is 2.83 bits per heavy atom. The monoisotopic (exact) mass is 391 g/mol. The number of methoxy groups -OCH3 is 1. The maximum absolute atomic E-state index is 13.1. The zero-order chi connectivity index (χ0) is 20.4. The van der Waals surface area contributed by atoms with E-state index in [1.807, 2.05) is 61.2 Å². The minimum atomic E-state index is 0.0608. The first kappa shape index (κ1) is 19.2. The molecule has 1 atom stereocenters. The second-order valence-corrected chi connectivity index (χ2v) is 7.57. The predicted molar refractivity (Wildman–Crippen MR) is 110 cm³/mol. The summed E-state index contributed by atoms with van der Waals surface area (Å²) in [5.74, 6) is 1.91. The Morgan fingerprint density at radius 1 is 1.21 bits per heavy atom. The summed E-state index contributed by atoms with van der Waals surface area (Å²) in [5.41, 5.74) is 3.70. The van der Waals surface area contributed by atoms with Crippen molar-refractivity contribution in [2.24, 2.45) is 0 Å². The summed E-state index contributed by atoms with van der Waals surface area (Å²) in [6, 6.07) is 13.5. The van der Waals surface area contributed by atoms with Gasteiger partial charge in [-0.2, -0.15) is 4.98 Å². The lowest BCUT2D eigenvalue weighted by molar-refractivity contribution is 0.0703. The van der Waals surface area contributed by atoms with Crippen LogP contribution in [-0.4, -0.2) is 41.1 Å². The molecule has 1 amide bonds. The molecule has 1 saturated heterocycles. The van der Waals surface area contributed by atoms with E-state index in [1.165, 1.54) is 0 Å². The normalized spacial score (nSPS) is 16.7. The first-order valence-corrected chi connectivity index (χ1v) is 9.90. The standard InChI is InChI=1S/C23H25N3O3/c1-15-10-11-18(16(2)13-15)23(27)26-12-6-7-17(14-26)21-24-22(29-25-21)19-8-4-5-9-20(19)28-3/h4-5,8-11,13,17H,6-7,12,14H2,1-3H3. The molecule has 1 unspecified atom stereocenters. The van der Waals surface area contributed by atoms with Gasteiger partial charge < -0.3 is 14.2 Å². The molecular weight excluding hydrogens is 366 g/mol. The third kappa shape index (κ3) is 3.88. The molecule has 0 radical (unpaired) electrons. The Hall–Kier alpha value is -3.15. The van der Waals surface area contributed by atoms with Crippen molar-refractivity contribution in [3.8, 4) is 17.2 Å². The Labute approximate surface area is 170 Å². The number of para-hydroxylation sites is 1. The zero-order valence-electron chi connectivity index (χ0n) is 17.0. The van der Waals surface area contributed by atoms with Gasteiger partial charge in [-0.15, -0.1) is 0 Å². The first-order chi connectivity index (χ1) is 14.1. The highest BCUT2D eigenvalue weighted by molar-refractivity contribution is 5.95. The molecule has 4 rings (SSSR count). The van der Waals surface area contributed by atoms with E-state index in [2.05, 4.69) is 10.1 Å². The fraction of sp³-hybridized carbons (Fsp3) is 0.348. The molecule has 2 heterocycles. The van der Waals surface area contributed by atoms with Crippen LogP contribution in [0.4, 0.5) is 0 Å². The lowest BCUT2D eigenvalue weighted by atomic mass is 9.96. The molecule has 150 valence electrons. The lowest BCUT2D eigenvalue weighted by Gasteiger charge is -2.31. The molecule has 3 aromatic rings. The third-order valence-corrected chi connectivity index (χ3v) is 5.47. The molecule has 1 aromatic heterocycles. The quantitative estimate of drug-likeness (QED) is 0.660. The molecule has 6 heteroatoms. The van der Waals surface area contributed by atoms with Gasteiger partial charge in [0.25, 0.3) is 11.8 Å². The number of nitrogens with zero attached hydrogens (tertiary/aromatic N) is 3. The molecule has 0 aliphatic carbocycles. The summed E-state index contributed by atoms with van der Waals surface area (Å²) in [7, 11) is 1.62. The average Bonchev–Trinajstić information content (AvgIpc) is 3.23. The van der Waals surface area contributed by atoms with Gasteiger partial charge in [-0.3, -0.25) is 4.79 Å². The smallest absolute Gasteiger partial charge is 0.261 e. The molecule has 0 bridgehead atoms. The highest BCUT2D eigenvalue weighted by atomic mass is 16.5. The van der Waals surface area contributed by atoms with Gasteiger partial charge in [-0.05, 0) is 50.5 Å². The fourth-order valence-electron chi connectivity index (χ4n) is 3.93. The maximum Gasteiger partial charge on any atom is 0.261 e. The SMILES string of the molecule is COc1ccccc1-c1nc(C2CCCN(C(=O)c3ccc(C)cc3C)C2)no1. The van der Waals surface area contributed by atoms with Gasteiger partial charge in [0, 0.05) is 24.6 Å². The van der Waals surface area contributed by atoms with Crippen molar-refractivity contribution in [1.82, 2.24) is 15.0 Å². The van der Waals surface area contributed by atoms with Crippen molar-refractivity contribution in [3.05, 3.63) is 65.0 Å². The van der Waals surface area contributed by atoms with Crippen LogP contribution >= 0.6 is 0 Å². The van der Waals surface area contributed by atoms with Gasteiger partial charge >= 0.3 is 0 Å². The largest absolute Gasteiger partial charge is 0.496 e. The molecule has 1 fully saturated rings. The van der Waals surface area contributed by atoms with Gasteiger partial charge in [0.1, 0.15) is 5.75 Å². The van der Waals surface area contributed by atoms with Gasteiger partial charge in [-0.25, -0.2) is 0 Å². The third-order valence-electron chi connectivity index (χ3n) is 5.47. The van der Waals surface area contributed by atoms with Crippen LogP contribution in [0.15, 0.2) is 47.0 Å². The molecule has 0 saturated carbocycles. The second kappa shape index (κ2) is 8.07. The van der Waals surface area contributed by atoms with E-state index in [4.69, 9.17) is 9.26 Å². The Bertz CT molecular complexity index is 1030. The van der Waals surface area contributed by atoms with Crippen LogP contribution in [0, 0.1) is 13.8 Å². The van der Waals surface area contributed by atoms with E-state index in [0.29, 0.717) is 24.0 Å². The number of aromatic nitrogens is 2. The van der Waals surface area contributed by atoms with Crippen LogP contribution in [0.25, 0.3) is 11.5 Å². The highest BCUT2D eigenvalue weighted by Gasteiger charge is 2.29. The Kier molecular flexibility index (Phi) is 5.34. The van der Waals surface area contributed by atoms with E-state index < -0.39 is 0 Å². The molecule has 2 aromatic carbocycles. The lowest BCUT2D eigenvalue weighted by Crippen LogP contribution is -2.39. The molecular formula is C23H25N3O3. The van der Waals surface area contributed by atoms with E-state index >= 15 is 0 Å². The number of hydrogen-bond donors (Lipinski definition) is 0. The summed E-state index contributed by atoms with van der Waals surface area (Å²) in [4.78, 5) is 19.6. The van der Waals surface area contributed by atoms with Crippen molar-refractivity contribution < 1.29 is 14.1 Å². The van der Waals surface area contributed by atoms with Gasteiger partial charge in [0.15, 0.2) is 5.82 Å². The minimum absolute atomic E-state index is 0.0608. The Balaban J connectivity index is 1.53. The number of amides is 1. The molecule has 6 nitrogen and oxygen atoms in total. The van der Waals surface area contributed by atoms with Crippen LogP contribution in [0.5, 0.6) is 5.75 Å². The van der Waals surface area contributed by atoms with E-state index in [1.54, 1.807) is 7.11 Å². The number of piperidine rings is 1. The number of carbonyl (C=O) groups excluding carboxylic acids is 1. The van der Waals surface area contributed by atoms with Crippen LogP contribution < -0.4 is 4.74 Å². The minimum Gasteiger partial charge on any atom is -0.496 e. The van der Waals surface area contributed by atoms with Crippen molar-refractivity contribution >= 4 is 5.91 Å². The number of rotatable bonds is 4. The summed E-state index contributed by atoms with van der Waals surface area (Å²) < 4.78 is 10.9. The van der Waals surface area contributed by atoms with Crippen molar-refractivity contribution in [2.45, 2.75) is 32.6 Å². The molecule has 0 spiro atoms. The number of carbonyl (C=O) groups is 1. The number of ether oxygens (including phenoxy) is 1. The summed E-state index contributed by atoms with van der Waals surface area (Å²) >= 11 is 0. The van der Waals surface area contributed by atoms with Crippen molar-refractivity contribution in [2.75, 3.05) is 20.2 Å². The van der Waals surface area contributed by atoms with E-state index in [-0.39, 0.29) is 11.8 Å². The molecule has 1 aliphatic heterocycles. The highest BCUT2D eigenvalue weighted by Crippen LogP contribution is 2.31. The summed E-state index contributed by atoms with van der Waals surface area (Å²) in [6.45, 7) is 5.37. The van der Waals surface area contributed by atoms with Crippen LogP contribution in [0.1, 0.15) is 46.1 Å². The van der Waals surface area contributed by atoms with Gasteiger partial charge in [0.05, 0.1) is 12.7 Å². The Morgan fingerprint density at radius 2 is 2.03 bits per heavy atom. The average molecular weight is 391 g/mol. The van der Waals surface area contributed by atoms with Crippen LogP contribution in [0.2, 0.25) is 0 Å². The number of hydrogen-bond acceptors (Lipinski definition) is 5. The first-order valence-electron chi connectivity index (χ1n) is 9.90. The molecule has 0 N–H and O–H groups in total. The predicted octanol–water partition coefficient (Wildman–Crippen LogP) is 4.38. The van der Waals surface area contributed by atoms with Crippen LogP contribution in [0.3, 0.4) is 0 Å². The van der Waals surface area contributed by atoms with Crippen LogP contribution in [-0.2, 0) is 0 Å². The summed E-state index contributed by atoms with van der Waals surface area (Å²) in [5, 5.41) is 4.21. The van der Waals surface area contributed by atoms with Crippen molar-refractivity contribution in [1.29, 1.82) is 0 Å². The summed E-state index contributed by atoms with van der Waals surface area (Å²) in [6.07, 6.45) is 1.85. The molecule has 29 heavy (non-hydrogen) atoms. The topological polar surface area (TPSA) is 68.5 Å². The fourth-order valence-corrected chi connectivity index (χ4v) is 3.93. The van der Waals surface area contributed by atoms with Gasteiger partial charge in [-0.1, -0.05) is 35.0 Å². The maximum atomic E-state index is 13.1. The van der Waals surface area contributed by atoms with E-state index in [0.717, 1.165) is 41.6 Å². The van der Waals surface area contributed by atoms with Gasteiger partial charge in [0.2, 0.25) is 0 Å². The second-order valence-electron chi connectivity index (χ2n) is 7.57. The number of aryl methyl sites for hydroxylation is 2. The van der Waals surface area contributed by atoms with Crippen molar-refractivity contribution in [3.63, 3.8) is 0 Å². The molecule has 1 aliphatic rings. The van der Waals surface area contributed by atoms with E-state index in [9.17, 15) is 4.79 Å². The zero-order valence-corrected chi connectivity index (χ0v) is 17.0. The number of benzene rings is 2.